The zero-order chi connectivity index (χ0) is 17.2. The van der Waals surface area contributed by atoms with Gasteiger partial charge in [-0.05, 0) is 39.7 Å². The zero-order valence-corrected chi connectivity index (χ0v) is 14.8. The van der Waals surface area contributed by atoms with Gasteiger partial charge in [-0.25, -0.2) is 14.3 Å². The van der Waals surface area contributed by atoms with E-state index in [-0.39, 0.29) is 6.04 Å². The summed E-state index contributed by atoms with van der Waals surface area (Å²) >= 11 is 0. The Balaban J connectivity index is 1.72. The molecular formula is C16H27N7O. The number of nitrogens with zero attached hydrogens (tertiary/aromatic N) is 7. The summed E-state index contributed by atoms with van der Waals surface area (Å²) in [7, 11) is 0. The van der Waals surface area contributed by atoms with E-state index in [9.17, 15) is 5.11 Å². The number of hydrogen-bond acceptors (Lipinski definition) is 6. The van der Waals surface area contributed by atoms with Crippen molar-refractivity contribution in [2.75, 3.05) is 13.1 Å². The highest BCUT2D eigenvalue weighted by Gasteiger charge is 2.38. The van der Waals surface area contributed by atoms with Gasteiger partial charge in [-0.3, -0.25) is 4.90 Å². The van der Waals surface area contributed by atoms with Gasteiger partial charge in [0.05, 0.1) is 12.7 Å². The van der Waals surface area contributed by atoms with E-state index in [4.69, 9.17) is 0 Å². The Morgan fingerprint density at radius 1 is 1.38 bits per heavy atom. The van der Waals surface area contributed by atoms with Crippen LogP contribution in [0, 0.1) is 0 Å². The van der Waals surface area contributed by atoms with Crippen LogP contribution in [0.15, 0.2) is 12.5 Å². The molecule has 132 valence electrons. The molecule has 0 aromatic carbocycles. The van der Waals surface area contributed by atoms with Crippen molar-refractivity contribution in [3.05, 3.63) is 24.0 Å². The second kappa shape index (κ2) is 6.98. The van der Waals surface area contributed by atoms with Crippen LogP contribution in [0.4, 0.5) is 0 Å². The number of rotatable bonds is 6. The van der Waals surface area contributed by atoms with E-state index in [0.717, 1.165) is 31.8 Å². The highest BCUT2D eigenvalue weighted by molar-refractivity contribution is 5.10. The Morgan fingerprint density at radius 3 is 2.92 bits per heavy atom. The van der Waals surface area contributed by atoms with Crippen LogP contribution in [0.1, 0.15) is 57.6 Å². The first kappa shape index (κ1) is 17.0. The van der Waals surface area contributed by atoms with Crippen molar-refractivity contribution >= 4 is 0 Å². The quantitative estimate of drug-likeness (QED) is 0.859. The highest BCUT2D eigenvalue weighted by Crippen LogP contribution is 2.31. The van der Waals surface area contributed by atoms with E-state index in [1.807, 2.05) is 10.9 Å². The van der Waals surface area contributed by atoms with Crippen molar-refractivity contribution in [1.82, 2.24) is 34.7 Å². The minimum Gasteiger partial charge on any atom is -0.382 e. The predicted octanol–water partition coefficient (Wildman–Crippen LogP) is 1.34. The molecule has 0 radical (unpaired) electrons. The van der Waals surface area contributed by atoms with E-state index in [1.54, 1.807) is 11.0 Å². The van der Waals surface area contributed by atoms with Crippen molar-refractivity contribution < 1.29 is 5.11 Å². The molecule has 0 spiro atoms. The van der Waals surface area contributed by atoms with Crippen LogP contribution < -0.4 is 0 Å². The number of β-amino-alcohol motifs (C(OH)–C–C–N with tert-alkyl or cyclic N) is 1. The first-order valence-corrected chi connectivity index (χ1v) is 8.75. The van der Waals surface area contributed by atoms with Gasteiger partial charge in [0.25, 0.3) is 0 Å². The summed E-state index contributed by atoms with van der Waals surface area (Å²) in [4.78, 5) is 6.60. The second-order valence-corrected chi connectivity index (χ2v) is 6.92. The number of aromatic nitrogens is 6. The fourth-order valence-corrected chi connectivity index (χ4v) is 3.22. The lowest BCUT2D eigenvalue weighted by molar-refractivity contribution is -0.0423. The Labute approximate surface area is 142 Å². The minimum atomic E-state index is -0.943. The van der Waals surface area contributed by atoms with Crippen molar-refractivity contribution in [3.63, 3.8) is 0 Å². The van der Waals surface area contributed by atoms with Gasteiger partial charge in [-0.15, -0.1) is 5.10 Å². The minimum absolute atomic E-state index is 0.238. The van der Waals surface area contributed by atoms with Crippen LogP contribution in [0.25, 0.3) is 0 Å². The van der Waals surface area contributed by atoms with Gasteiger partial charge < -0.3 is 5.11 Å². The van der Waals surface area contributed by atoms with Crippen molar-refractivity contribution in [3.8, 4) is 0 Å². The molecule has 1 saturated heterocycles. The Kier molecular flexibility index (Phi) is 4.96. The van der Waals surface area contributed by atoms with Gasteiger partial charge in [-0.1, -0.05) is 12.1 Å². The lowest BCUT2D eigenvalue weighted by atomic mass is 9.90. The highest BCUT2D eigenvalue weighted by atomic mass is 16.3. The molecule has 0 amide bonds. The first-order valence-electron chi connectivity index (χ1n) is 8.75. The van der Waals surface area contributed by atoms with Gasteiger partial charge >= 0.3 is 0 Å². The Morgan fingerprint density at radius 2 is 2.21 bits per heavy atom. The summed E-state index contributed by atoms with van der Waals surface area (Å²) in [5, 5.41) is 23.7. The molecule has 0 unspecified atom stereocenters. The standard InChI is InChI=1S/C16H27N7O/c1-4-7-22-15(17-12-18-22)10-21-8-5-6-16(24,11-21)14-9-23(13(2)3)20-19-14/h9,12-13,24H,4-8,10-11H2,1-3H3/t16-/m1/s1. The molecular weight excluding hydrogens is 306 g/mol. The summed E-state index contributed by atoms with van der Waals surface area (Å²) in [6.07, 6.45) is 6.14. The molecule has 0 saturated carbocycles. The van der Waals surface area contributed by atoms with E-state index < -0.39 is 5.60 Å². The third-order valence-corrected chi connectivity index (χ3v) is 4.56. The Hall–Kier alpha value is -1.80. The number of aryl methyl sites for hydroxylation is 1. The van der Waals surface area contributed by atoms with Crippen LogP contribution in [0.3, 0.4) is 0 Å². The summed E-state index contributed by atoms with van der Waals surface area (Å²) in [6, 6.07) is 0.238. The van der Waals surface area contributed by atoms with E-state index in [1.165, 1.54) is 0 Å². The maximum Gasteiger partial charge on any atom is 0.141 e. The van der Waals surface area contributed by atoms with Crippen LogP contribution >= 0.6 is 0 Å². The monoisotopic (exact) mass is 333 g/mol. The van der Waals surface area contributed by atoms with E-state index in [0.29, 0.717) is 25.2 Å². The summed E-state index contributed by atoms with van der Waals surface area (Å²) < 4.78 is 3.74. The average Bonchev–Trinajstić information content (AvgIpc) is 3.18. The molecule has 8 nitrogen and oxygen atoms in total. The average molecular weight is 333 g/mol. The summed E-state index contributed by atoms with van der Waals surface area (Å²) in [5.74, 6) is 0.951. The third-order valence-electron chi connectivity index (χ3n) is 4.56. The van der Waals surface area contributed by atoms with Gasteiger partial charge in [0, 0.05) is 19.1 Å². The number of piperidine rings is 1. The van der Waals surface area contributed by atoms with E-state index in [2.05, 4.69) is 46.1 Å². The molecule has 0 aliphatic carbocycles. The third kappa shape index (κ3) is 3.49. The zero-order valence-electron chi connectivity index (χ0n) is 14.8. The normalized spacial score (nSPS) is 22.4. The molecule has 1 fully saturated rings. The fraction of sp³-hybridized carbons (Fsp3) is 0.750. The molecule has 1 aliphatic heterocycles. The summed E-state index contributed by atoms with van der Waals surface area (Å²) in [5.41, 5.74) is -0.281. The number of aliphatic hydroxyl groups is 1. The molecule has 2 aromatic rings. The molecule has 24 heavy (non-hydrogen) atoms. The van der Waals surface area contributed by atoms with Gasteiger partial charge in [0.2, 0.25) is 0 Å². The lowest BCUT2D eigenvalue weighted by Crippen LogP contribution is -2.46. The molecule has 1 atom stereocenters. The van der Waals surface area contributed by atoms with Crippen LogP contribution in [0.5, 0.6) is 0 Å². The van der Waals surface area contributed by atoms with Gasteiger partial charge in [0.1, 0.15) is 23.4 Å². The maximum absolute atomic E-state index is 11.1. The first-order chi connectivity index (χ1) is 11.5. The topological polar surface area (TPSA) is 84.9 Å². The predicted molar refractivity (Wildman–Crippen MR) is 89.1 cm³/mol. The van der Waals surface area contributed by atoms with Crippen molar-refractivity contribution in [2.45, 2.75) is 64.8 Å². The molecule has 1 aliphatic rings. The van der Waals surface area contributed by atoms with Crippen LogP contribution in [-0.4, -0.2) is 52.9 Å². The Bertz CT molecular complexity index is 665. The van der Waals surface area contributed by atoms with Gasteiger partial charge in [-0.2, -0.15) is 5.10 Å². The SMILES string of the molecule is CCCn1ncnc1CN1CCC[C@](O)(c2cn(C(C)C)nn2)C1. The van der Waals surface area contributed by atoms with Gasteiger partial charge in [0.15, 0.2) is 0 Å². The molecule has 1 N–H and O–H groups in total. The summed E-state index contributed by atoms with van der Waals surface area (Å²) in [6.45, 7) is 9.29. The number of likely N-dealkylation sites (tertiary alicyclic amines) is 1. The van der Waals surface area contributed by atoms with Crippen molar-refractivity contribution in [1.29, 1.82) is 0 Å². The molecule has 3 rings (SSSR count). The number of hydrogen-bond donors (Lipinski definition) is 1. The maximum atomic E-state index is 11.1. The molecule has 8 heteroatoms. The molecule has 2 aromatic heterocycles. The smallest absolute Gasteiger partial charge is 0.141 e. The second-order valence-electron chi connectivity index (χ2n) is 6.92. The lowest BCUT2D eigenvalue weighted by Gasteiger charge is -2.37. The van der Waals surface area contributed by atoms with E-state index >= 15 is 0 Å². The van der Waals surface area contributed by atoms with Crippen LogP contribution in [-0.2, 0) is 18.7 Å². The van der Waals surface area contributed by atoms with Crippen molar-refractivity contribution in [2.24, 2.45) is 0 Å². The van der Waals surface area contributed by atoms with Crippen LogP contribution in [0.2, 0.25) is 0 Å². The molecule has 3 heterocycles. The molecule has 0 bridgehead atoms. The largest absolute Gasteiger partial charge is 0.382 e. The fourth-order valence-electron chi connectivity index (χ4n) is 3.22.